The topological polar surface area (TPSA) is 4.41 Å². The van der Waals surface area contributed by atoms with Crippen LogP contribution in [0.2, 0.25) is 0 Å². The Morgan fingerprint density at radius 3 is 1.52 bits per heavy atom. The van der Waals surface area contributed by atoms with Crippen molar-refractivity contribution >= 4 is 38.1 Å². The molecule has 0 saturated heterocycles. The number of hydrogen-bond donors (Lipinski definition) is 0. The first-order valence-electron chi connectivity index (χ1n) is 14.9. The molecule has 0 aliphatic carbocycles. The average Bonchev–Trinajstić information content (AvgIpc) is 3.51. The minimum absolute atomic E-state index is 0.115. The monoisotopic (exact) mass is 539 g/mol. The molecule has 0 fully saturated rings. The quantitative estimate of drug-likeness (QED) is 0.210. The first-order valence-corrected chi connectivity index (χ1v) is 14.9. The third kappa shape index (κ3) is 3.84. The molecule has 2 aromatic heterocycles. The Morgan fingerprint density at radius 1 is 0.429 bits per heavy atom. The van der Waals surface area contributed by atoms with Gasteiger partial charge >= 0.3 is 0 Å². The van der Waals surface area contributed by atoms with Gasteiger partial charge in [-0.05, 0) is 105 Å². The van der Waals surface area contributed by atoms with E-state index in [1.807, 2.05) is 0 Å². The number of benzene rings is 6. The Bertz CT molecular complexity index is 2280. The van der Waals surface area contributed by atoms with Gasteiger partial charge in [0.25, 0.3) is 0 Å². The summed E-state index contributed by atoms with van der Waals surface area (Å²) in [5.74, 6) is 0. The molecule has 1 nitrogen and oxygen atoms in total. The van der Waals surface area contributed by atoms with E-state index in [0.29, 0.717) is 0 Å². The summed E-state index contributed by atoms with van der Waals surface area (Å²) in [6.07, 6.45) is 0. The number of nitrogens with zero attached hydrogens (tertiary/aromatic N) is 1. The molecule has 1 heteroatoms. The van der Waals surface area contributed by atoms with Crippen LogP contribution in [0.4, 0.5) is 0 Å². The van der Waals surface area contributed by atoms with Crippen LogP contribution in [-0.4, -0.2) is 4.40 Å². The zero-order chi connectivity index (χ0) is 28.6. The Labute approximate surface area is 247 Å². The summed E-state index contributed by atoms with van der Waals surface area (Å²) in [5.41, 5.74) is 14.1. The Morgan fingerprint density at radius 2 is 0.929 bits per heavy atom. The second-order valence-corrected chi connectivity index (χ2v) is 12.8. The van der Waals surface area contributed by atoms with Gasteiger partial charge in [-0.25, -0.2) is 0 Å². The van der Waals surface area contributed by atoms with E-state index in [1.165, 1.54) is 82.6 Å². The van der Waals surface area contributed by atoms with Crippen LogP contribution in [0.15, 0.2) is 127 Å². The largest absolute Gasteiger partial charge is 0.308 e. The third-order valence-corrected chi connectivity index (χ3v) is 8.90. The SMILES string of the molecule is Cc1cc2c3cc(-c4cccc(-c5cccc(-c6ccccc6)c5)c4)ccc3n3c4ccc(C(C)(C)C)cc4c(c1)c23. The van der Waals surface area contributed by atoms with Crippen LogP contribution < -0.4 is 0 Å². The summed E-state index contributed by atoms with van der Waals surface area (Å²) < 4.78 is 2.48. The highest BCUT2D eigenvalue weighted by atomic mass is 14.9. The smallest absolute Gasteiger partial charge is 0.0620 e. The van der Waals surface area contributed by atoms with Crippen molar-refractivity contribution in [2.45, 2.75) is 33.1 Å². The molecule has 0 saturated carbocycles. The minimum atomic E-state index is 0.115. The van der Waals surface area contributed by atoms with Gasteiger partial charge in [-0.15, -0.1) is 0 Å². The van der Waals surface area contributed by atoms with Crippen molar-refractivity contribution in [2.75, 3.05) is 0 Å². The fourth-order valence-electron chi connectivity index (χ4n) is 6.73. The summed E-state index contributed by atoms with van der Waals surface area (Å²) in [5, 5.41) is 5.35. The van der Waals surface area contributed by atoms with Crippen LogP contribution >= 0.6 is 0 Å². The van der Waals surface area contributed by atoms with Gasteiger partial charge in [-0.3, -0.25) is 0 Å². The van der Waals surface area contributed by atoms with Crippen LogP contribution in [-0.2, 0) is 5.41 Å². The molecule has 0 unspecified atom stereocenters. The molecule has 8 aromatic rings. The van der Waals surface area contributed by atoms with Crippen molar-refractivity contribution in [3.63, 3.8) is 0 Å². The Kier molecular flexibility index (Phi) is 5.37. The van der Waals surface area contributed by atoms with E-state index < -0.39 is 0 Å². The summed E-state index contributed by atoms with van der Waals surface area (Å²) in [4.78, 5) is 0. The average molecular weight is 540 g/mol. The van der Waals surface area contributed by atoms with Crippen molar-refractivity contribution in [3.05, 3.63) is 139 Å². The summed E-state index contributed by atoms with van der Waals surface area (Å²) in [6, 6.07) is 47.2. The number of fused-ring (bicyclic) bond motifs is 6. The molecule has 2 heterocycles. The van der Waals surface area contributed by atoms with Crippen molar-refractivity contribution in [1.82, 2.24) is 4.40 Å². The maximum atomic E-state index is 2.48. The Hall–Kier alpha value is -4.88. The molecule has 0 radical (unpaired) electrons. The Balaban J connectivity index is 1.28. The van der Waals surface area contributed by atoms with E-state index in [-0.39, 0.29) is 5.41 Å². The lowest BCUT2D eigenvalue weighted by Crippen LogP contribution is -2.10. The molecule has 8 rings (SSSR count). The maximum Gasteiger partial charge on any atom is 0.0620 e. The van der Waals surface area contributed by atoms with Crippen LogP contribution in [0, 0.1) is 6.92 Å². The molecule has 0 bridgehead atoms. The van der Waals surface area contributed by atoms with E-state index in [4.69, 9.17) is 0 Å². The predicted molar refractivity (Wildman–Crippen MR) is 181 cm³/mol. The van der Waals surface area contributed by atoms with E-state index in [2.05, 4.69) is 159 Å². The van der Waals surface area contributed by atoms with Gasteiger partial charge < -0.3 is 4.40 Å². The molecule has 0 N–H and O–H groups in total. The lowest BCUT2D eigenvalue weighted by atomic mass is 9.86. The van der Waals surface area contributed by atoms with Crippen molar-refractivity contribution in [2.24, 2.45) is 0 Å². The molecule has 0 aliphatic rings. The minimum Gasteiger partial charge on any atom is -0.308 e. The number of aromatic nitrogens is 1. The number of hydrogen-bond acceptors (Lipinski definition) is 0. The standard InChI is InChI=1S/C41H33N/c1-26-20-36-34-24-32(31-15-9-14-30(23-31)29-13-8-12-28(22-29)27-10-6-5-7-11-27)16-18-38(34)42-39-19-17-33(41(2,3)4)25-35(39)37(21-26)40(36)42/h5-25H,1-4H3. The highest BCUT2D eigenvalue weighted by molar-refractivity contribution is 6.24. The van der Waals surface area contributed by atoms with Gasteiger partial charge in [0.1, 0.15) is 0 Å². The molecule has 0 amide bonds. The molecular formula is C41H33N. The van der Waals surface area contributed by atoms with Crippen LogP contribution in [0.5, 0.6) is 0 Å². The van der Waals surface area contributed by atoms with Crippen LogP contribution in [0.25, 0.3) is 71.5 Å². The summed E-state index contributed by atoms with van der Waals surface area (Å²) in [6.45, 7) is 9.10. The molecule has 6 aromatic carbocycles. The van der Waals surface area contributed by atoms with Gasteiger partial charge in [-0.1, -0.05) is 99.6 Å². The second kappa shape index (κ2) is 9.06. The van der Waals surface area contributed by atoms with E-state index in [1.54, 1.807) is 0 Å². The van der Waals surface area contributed by atoms with Crippen molar-refractivity contribution in [3.8, 4) is 33.4 Å². The van der Waals surface area contributed by atoms with Gasteiger partial charge in [0.05, 0.1) is 16.6 Å². The molecule has 0 aliphatic heterocycles. The second-order valence-electron chi connectivity index (χ2n) is 12.8. The third-order valence-electron chi connectivity index (χ3n) is 8.90. The van der Waals surface area contributed by atoms with Gasteiger partial charge in [-0.2, -0.15) is 0 Å². The summed E-state index contributed by atoms with van der Waals surface area (Å²) >= 11 is 0. The fourth-order valence-corrected chi connectivity index (χ4v) is 6.73. The van der Waals surface area contributed by atoms with Gasteiger partial charge in [0.15, 0.2) is 0 Å². The van der Waals surface area contributed by atoms with E-state index in [9.17, 15) is 0 Å². The number of aryl methyl sites for hydroxylation is 1. The first-order chi connectivity index (χ1) is 20.3. The predicted octanol–water partition coefficient (Wildman–Crippen LogP) is 11.4. The van der Waals surface area contributed by atoms with Gasteiger partial charge in [0, 0.05) is 21.5 Å². The zero-order valence-corrected chi connectivity index (χ0v) is 24.6. The van der Waals surface area contributed by atoms with E-state index in [0.717, 1.165) is 0 Å². The lowest BCUT2D eigenvalue weighted by molar-refractivity contribution is 0.591. The van der Waals surface area contributed by atoms with Crippen LogP contribution in [0.1, 0.15) is 31.9 Å². The molecular weight excluding hydrogens is 506 g/mol. The lowest BCUT2D eigenvalue weighted by Gasteiger charge is -2.19. The zero-order valence-electron chi connectivity index (χ0n) is 24.6. The molecule has 0 spiro atoms. The summed E-state index contributed by atoms with van der Waals surface area (Å²) in [7, 11) is 0. The molecule has 202 valence electrons. The number of rotatable bonds is 3. The first kappa shape index (κ1) is 24.9. The van der Waals surface area contributed by atoms with E-state index >= 15 is 0 Å². The maximum absolute atomic E-state index is 2.48. The molecule has 42 heavy (non-hydrogen) atoms. The van der Waals surface area contributed by atoms with Crippen molar-refractivity contribution < 1.29 is 0 Å². The van der Waals surface area contributed by atoms with Gasteiger partial charge in [0.2, 0.25) is 0 Å². The fraction of sp³-hybridized carbons (Fsp3) is 0.122. The van der Waals surface area contributed by atoms with Crippen molar-refractivity contribution in [1.29, 1.82) is 0 Å². The highest BCUT2D eigenvalue weighted by Gasteiger charge is 2.21. The molecule has 0 atom stereocenters. The normalized spacial score (nSPS) is 12.3. The van der Waals surface area contributed by atoms with Crippen LogP contribution in [0.3, 0.4) is 0 Å². The highest BCUT2D eigenvalue weighted by Crippen LogP contribution is 2.42.